The third-order valence-electron chi connectivity index (χ3n) is 1.43. The maximum atomic E-state index is 8.56. The molecule has 3 heteroatoms. The van der Waals surface area contributed by atoms with Crippen LogP contribution in [0.4, 0.5) is 0 Å². The minimum Gasteiger partial charge on any atom is -0.394 e. The highest BCUT2D eigenvalue weighted by Gasteiger charge is 2.18. The zero-order valence-corrected chi connectivity index (χ0v) is 5.63. The van der Waals surface area contributed by atoms with E-state index < -0.39 is 0 Å². The van der Waals surface area contributed by atoms with E-state index in [9.17, 15) is 0 Å². The molecule has 9 heavy (non-hydrogen) atoms. The van der Waals surface area contributed by atoms with Crippen molar-refractivity contribution in [2.45, 2.75) is 19.1 Å². The Kier molecular flexibility index (Phi) is 2.45. The van der Waals surface area contributed by atoms with E-state index in [1.807, 2.05) is 6.92 Å². The minimum atomic E-state index is -0.00269. The molecule has 0 aromatic carbocycles. The second-order valence-corrected chi connectivity index (χ2v) is 2.41. The first kappa shape index (κ1) is 6.99. The molecule has 1 unspecified atom stereocenters. The molecule has 54 valence electrons. The topological polar surface area (TPSA) is 41.5 Å². The van der Waals surface area contributed by atoms with Gasteiger partial charge in [-0.1, -0.05) is 0 Å². The van der Waals surface area contributed by atoms with E-state index in [0.717, 1.165) is 13.1 Å². The third kappa shape index (κ3) is 1.93. The van der Waals surface area contributed by atoms with Crippen LogP contribution < -0.4 is 5.32 Å². The first-order chi connectivity index (χ1) is 4.33. The number of rotatable bonds is 3. The van der Waals surface area contributed by atoms with Crippen molar-refractivity contribution >= 4 is 0 Å². The molecule has 0 aromatic heterocycles. The van der Waals surface area contributed by atoms with Crippen molar-refractivity contribution in [2.24, 2.45) is 0 Å². The summed E-state index contributed by atoms with van der Waals surface area (Å²) in [5, 5.41) is 11.6. The molecule has 2 N–H and O–H groups in total. The Morgan fingerprint density at radius 3 is 2.78 bits per heavy atom. The molecule has 1 atom stereocenters. The summed E-state index contributed by atoms with van der Waals surface area (Å²) in [6, 6.07) is 0. The number of ether oxygens (including phenoxy) is 1. The lowest BCUT2D eigenvalue weighted by Crippen LogP contribution is -2.50. The summed E-state index contributed by atoms with van der Waals surface area (Å²) in [6.45, 7) is 3.86. The van der Waals surface area contributed by atoms with Crippen LogP contribution in [0.15, 0.2) is 0 Å². The molecule has 0 spiro atoms. The molecule has 1 fully saturated rings. The third-order valence-corrected chi connectivity index (χ3v) is 1.43. The summed E-state index contributed by atoms with van der Waals surface area (Å²) < 4.78 is 5.32. The van der Waals surface area contributed by atoms with Crippen LogP contribution in [0.3, 0.4) is 0 Å². The van der Waals surface area contributed by atoms with E-state index >= 15 is 0 Å². The molecule has 0 amide bonds. The highest BCUT2D eigenvalue weighted by Crippen LogP contribution is 2.01. The zero-order valence-electron chi connectivity index (χ0n) is 5.63. The van der Waals surface area contributed by atoms with Crippen LogP contribution in [-0.4, -0.2) is 37.0 Å². The Morgan fingerprint density at radius 1 is 1.78 bits per heavy atom. The lowest BCUT2D eigenvalue weighted by Gasteiger charge is -2.29. The maximum absolute atomic E-state index is 8.56. The van der Waals surface area contributed by atoms with E-state index in [1.54, 1.807) is 0 Å². The molecule has 0 bridgehead atoms. The lowest BCUT2D eigenvalue weighted by atomic mass is 10.2. The number of hydrogen-bond donors (Lipinski definition) is 2. The van der Waals surface area contributed by atoms with Crippen molar-refractivity contribution in [3.63, 3.8) is 0 Å². The molecule has 1 rings (SSSR count). The van der Waals surface area contributed by atoms with E-state index in [-0.39, 0.29) is 12.7 Å². The fourth-order valence-corrected chi connectivity index (χ4v) is 0.730. The summed E-state index contributed by atoms with van der Waals surface area (Å²) >= 11 is 0. The molecule has 0 radical (unpaired) electrons. The molecular weight excluding hydrogens is 118 g/mol. The van der Waals surface area contributed by atoms with Crippen molar-refractivity contribution in [3.8, 4) is 0 Å². The van der Waals surface area contributed by atoms with Crippen LogP contribution in [0.5, 0.6) is 0 Å². The SMILES string of the molecule is CC(CO)OC1CNC1. The monoisotopic (exact) mass is 131 g/mol. The standard InChI is InChI=1S/C6H13NO2/c1-5(4-8)9-6-2-7-3-6/h5-8H,2-4H2,1H3. The van der Waals surface area contributed by atoms with Crippen molar-refractivity contribution in [2.75, 3.05) is 19.7 Å². The van der Waals surface area contributed by atoms with Gasteiger partial charge in [0.1, 0.15) is 0 Å². The normalized spacial score (nSPS) is 23.3. The van der Waals surface area contributed by atoms with Gasteiger partial charge in [-0.15, -0.1) is 0 Å². The predicted molar refractivity (Wildman–Crippen MR) is 34.3 cm³/mol. The molecule has 1 heterocycles. The lowest BCUT2D eigenvalue weighted by molar-refractivity contribution is -0.0503. The minimum absolute atomic E-state index is 0.00269. The molecule has 0 aliphatic carbocycles. The Hall–Kier alpha value is -0.120. The maximum Gasteiger partial charge on any atom is 0.0828 e. The van der Waals surface area contributed by atoms with Gasteiger partial charge in [-0.3, -0.25) is 0 Å². The second kappa shape index (κ2) is 3.15. The summed E-state index contributed by atoms with van der Waals surface area (Å²) in [5.74, 6) is 0. The van der Waals surface area contributed by atoms with Crippen LogP contribution in [0.25, 0.3) is 0 Å². The zero-order chi connectivity index (χ0) is 6.69. The average molecular weight is 131 g/mol. The Balaban J connectivity index is 2.01. The average Bonchev–Trinajstić information content (AvgIpc) is 1.78. The molecule has 1 aliphatic rings. The van der Waals surface area contributed by atoms with Crippen LogP contribution in [0.1, 0.15) is 6.92 Å². The molecule has 0 aromatic rings. The smallest absolute Gasteiger partial charge is 0.0828 e. The number of hydrogen-bond acceptors (Lipinski definition) is 3. The second-order valence-electron chi connectivity index (χ2n) is 2.41. The number of aliphatic hydroxyl groups is 1. The predicted octanol–water partition coefficient (Wildman–Crippen LogP) is -0.644. The fourth-order valence-electron chi connectivity index (χ4n) is 0.730. The van der Waals surface area contributed by atoms with Gasteiger partial charge in [-0.25, -0.2) is 0 Å². The largest absolute Gasteiger partial charge is 0.394 e. The van der Waals surface area contributed by atoms with Gasteiger partial charge in [0.05, 0.1) is 18.8 Å². The van der Waals surface area contributed by atoms with E-state index in [1.165, 1.54) is 0 Å². The van der Waals surface area contributed by atoms with Crippen molar-refractivity contribution in [3.05, 3.63) is 0 Å². The van der Waals surface area contributed by atoms with Gasteiger partial charge < -0.3 is 15.2 Å². The highest BCUT2D eigenvalue weighted by molar-refractivity contribution is 4.75. The van der Waals surface area contributed by atoms with Gasteiger partial charge in [0.15, 0.2) is 0 Å². The van der Waals surface area contributed by atoms with Gasteiger partial charge in [0.2, 0.25) is 0 Å². The number of aliphatic hydroxyl groups excluding tert-OH is 1. The molecule has 1 aliphatic heterocycles. The van der Waals surface area contributed by atoms with Crippen molar-refractivity contribution in [1.29, 1.82) is 0 Å². The van der Waals surface area contributed by atoms with Gasteiger partial charge >= 0.3 is 0 Å². The summed E-state index contributed by atoms with van der Waals surface area (Å²) in [7, 11) is 0. The van der Waals surface area contributed by atoms with Gasteiger partial charge in [0.25, 0.3) is 0 Å². The molecule has 0 saturated carbocycles. The summed E-state index contributed by atoms with van der Waals surface area (Å²) in [6.07, 6.45) is 0.337. The van der Waals surface area contributed by atoms with E-state index in [0.29, 0.717) is 6.10 Å². The van der Waals surface area contributed by atoms with Gasteiger partial charge in [-0.05, 0) is 6.92 Å². The summed E-state index contributed by atoms with van der Waals surface area (Å²) in [4.78, 5) is 0. The van der Waals surface area contributed by atoms with Crippen LogP contribution in [0, 0.1) is 0 Å². The Bertz CT molecular complexity index is 80.4. The Morgan fingerprint density at radius 2 is 2.44 bits per heavy atom. The van der Waals surface area contributed by atoms with E-state index in [4.69, 9.17) is 9.84 Å². The van der Waals surface area contributed by atoms with Crippen molar-refractivity contribution in [1.82, 2.24) is 5.32 Å². The molecule has 3 nitrogen and oxygen atoms in total. The quantitative estimate of drug-likeness (QED) is 0.535. The molecular formula is C6H13NO2. The van der Waals surface area contributed by atoms with Crippen LogP contribution in [-0.2, 0) is 4.74 Å². The van der Waals surface area contributed by atoms with Crippen LogP contribution in [0.2, 0.25) is 0 Å². The highest BCUT2D eigenvalue weighted by atomic mass is 16.5. The first-order valence-electron chi connectivity index (χ1n) is 3.30. The molecule has 1 saturated heterocycles. The van der Waals surface area contributed by atoms with Crippen molar-refractivity contribution < 1.29 is 9.84 Å². The van der Waals surface area contributed by atoms with E-state index in [2.05, 4.69) is 5.32 Å². The van der Waals surface area contributed by atoms with Crippen LogP contribution >= 0.6 is 0 Å². The van der Waals surface area contributed by atoms with Gasteiger partial charge in [-0.2, -0.15) is 0 Å². The number of nitrogens with one attached hydrogen (secondary N) is 1. The first-order valence-corrected chi connectivity index (χ1v) is 3.30. The summed E-state index contributed by atoms with van der Waals surface area (Å²) in [5.41, 5.74) is 0. The van der Waals surface area contributed by atoms with Gasteiger partial charge in [0, 0.05) is 13.1 Å². The fraction of sp³-hybridized carbons (Fsp3) is 1.00. The Labute approximate surface area is 55.0 Å².